The highest BCUT2D eigenvalue weighted by Gasteiger charge is 2.38. The number of hydrogen-bond donors (Lipinski definition) is 3. The van der Waals surface area contributed by atoms with Gasteiger partial charge in [-0.05, 0) is 49.3 Å². The Morgan fingerprint density at radius 3 is 2.22 bits per heavy atom. The molecule has 0 radical (unpaired) electrons. The molecule has 2 aliphatic heterocycles. The van der Waals surface area contributed by atoms with Gasteiger partial charge in [-0.2, -0.15) is 12.6 Å². The van der Waals surface area contributed by atoms with Crippen molar-refractivity contribution >= 4 is 42.2 Å². The fraction of sp³-hybridized carbons (Fsp3) is 0.452. The van der Waals surface area contributed by atoms with Crippen LogP contribution in [0.5, 0.6) is 0 Å². The highest BCUT2D eigenvalue weighted by Crippen LogP contribution is 2.24. The highest BCUT2D eigenvalue weighted by molar-refractivity contribution is 7.81. The lowest BCUT2D eigenvalue weighted by molar-refractivity contribution is -0.142. The maximum absolute atomic E-state index is 13.7. The van der Waals surface area contributed by atoms with E-state index >= 15 is 0 Å². The van der Waals surface area contributed by atoms with Crippen molar-refractivity contribution in [2.75, 3.05) is 20.1 Å². The first-order valence-corrected chi connectivity index (χ1v) is 14.7. The van der Waals surface area contributed by atoms with Gasteiger partial charge in [0.1, 0.15) is 12.1 Å². The van der Waals surface area contributed by atoms with Gasteiger partial charge in [0.2, 0.25) is 17.7 Å². The van der Waals surface area contributed by atoms with E-state index in [2.05, 4.69) is 23.3 Å². The second-order valence-electron chi connectivity index (χ2n) is 10.9. The monoisotopic (exact) mass is 578 g/mol. The van der Waals surface area contributed by atoms with Crippen molar-refractivity contribution in [2.45, 2.75) is 62.8 Å². The number of rotatable bonds is 11. The van der Waals surface area contributed by atoms with Gasteiger partial charge in [-0.1, -0.05) is 55.8 Å². The molecule has 0 saturated carbocycles. The molecule has 41 heavy (non-hydrogen) atoms. The minimum Gasteiger partial charge on any atom is -0.357 e. The van der Waals surface area contributed by atoms with Gasteiger partial charge in [0.05, 0.1) is 16.4 Å². The molecule has 10 heteroatoms. The summed E-state index contributed by atoms with van der Waals surface area (Å²) in [6.07, 6.45) is 3.12. The Labute approximate surface area is 246 Å². The van der Waals surface area contributed by atoms with Crippen molar-refractivity contribution in [3.05, 3.63) is 71.3 Å². The van der Waals surface area contributed by atoms with Crippen molar-refractivity contribution < 1.29 is 24.0 Å². The molecule has 1 fully saturated rings. The first kappa shape index (κ1) is 30.3. The number of likely N-dealkylation sites (N-methyl/N-ethyl adjacent to an activating group) is 1. The van der Waals surface area contributed by atoms with Crippen molar-refractivity contribution in [3.63, 3.8) is 0 Å². The number of imide groups is 1. The Kier molecular flexibility index (Phi) is 10.2. The second kappa shape index (κ2) is 13.8. The second-order valence-corrected chi connectivity index (χ2v) is 11.5. The molecule has 4 rings (SSSR count). The molecule has 0 aromatic heterocycles. The molecule has 2 aliphatic rings. The largest absolute Gasteiger partial charge is 0.357 e. The molecule has 4 atom stereocenters. The third-order valence-electron chi connectivity index (χ3n) is 7.89. The standard InChI is InChI=1S/C31H38N4O5S/c1-20-15-17-34(25(27(36)32-2)19-21-10-4-3-5-11-21)31(40)24(18-20)33-28(37)26(41)14-8-9-16-35-29(38)22-12-6-7-13-23(22)30(35)39/h3-7,10-13,20,24-26,41H,8-9,14-19H2,1-2H3,(H,32,36)(H,33,37)/t20-,24-,25-,26-/m0/s1. The number of hydrogen-bond acceptors (Lipinski definition) is 6. The Bertz CT molecular complexity index is 1250. The van der Waals surface area contributed by atoms with E-state index in [-0.39, 0.29) is 42.0 Å². The van der Waals surface area contributed by atoms with Gasteiger partial charge in [0.15, 0.2) is 0 Å². The Morgan fingerprint density at radius 1 is 0.951 bits per heavy atom. The summed E-state index contributed by atoms with van der Waals surface area (Å²) in [6.45, 7) is 2.74. The smallest absolute Gasteiger partial charge is 0.261 e. The lowest BCUT2D eigenvalue weighted by Gasteiger charge is -2.32. The molecule has 0 unspecified atom stereocenters. The van der Waals surface area contributed by atoms with Gasteiger partial charge in [-0.3, -0.25) is 28.9 Å². The fourth-order valence-electron chi connectivity index (χ4n) is 5.52. The van der Waals surface area contributed by atoms with Gasteiger partial charge in [-0.25, -0.2) is 0 Å². The van der Waals surface area contributed by atoms with Crippen LogP contribution in [0, 0.1) is 5.92 Å². The molecule has 0 bridgehead atoms. The van der Waals surface area contributed by atoms with Gasteiger partial charge >= 0.3 is 0 Å². The van der Waals surface area contributed by atoms with Crippen molar-refractivity contribution in [2.24, 2.45) is 5.92 Å². The summed E-state index contributed by atoms with van der Waals surface area (Å²) < 4.78 is 0. The predicted octanol–water partition coefficient (Wildman–Crippen LogP) is 2.85. The van der Waals surface area contributed by atoms with E-state index in [4.69, 9.17) is 0 Å². The number of nitrogens with one attached hydrogen (secondary N) is 2. The van der Waals surface area contributed by atoms with E-state index in [1.54, 1.807) is 36.2 Å². The van der Waals surface area contributed by atoms with Crippen LogP contribution >= 0.6 is 12.6 Å². The van der Waals surface area contributed by atoms with E-state index in [1.807, 2.05) is 37.3 Å². The number of fused-ring (bicyclic) bond motifs is 1. The van der Waals surface area contributed by atoms with Crippen LogP contribution in [0.4, 0.5) is 0 Å². The van der Waals surface area contributed by atoms with Gasteiger partial charge in [0.25, 0.3) is 11.8 Å². The van der Waals surface area contributed by atoms with E-state index in [1.165, 1.54) is 4.90 Å². The zero-order valence-electron chi connectivity index (χ0n) is 23.5. The Hall–Kier alpha value is -3.66. The van der Waals surface area contributed by atoms with Crippen LogP contribution in [0.15, 0.2) is 54.6 Å². The Morgan fingerprint density at radius 2 is 1.59 bits per heavy atom. The minimum atomic E-state index is -0.754. The van der Waals surface area contributed by atoms with Crippen LogP contribution in [-0.2, 0) is 20.8 Å². The summed E-state index contributed by atoms with van der Waals surface area (Å²) in [6, 6.07) is 14.9. The molecule has 2 heterocycles. The molecule has 9 nitrogen and oxygen atoms in total. The number of carbonyl (C=O) groups is 5. The summed E-state index contributed by atoms with van der Waals surface area (Å²) in [4.78, 5) is 67.6. The van der Waals surface area contributed by atoms with E-state index in [0.717, 1.165) is 12.0 Å². The average molecular weight is 579 g/mol. The summed E-state index contributed by atoms with van der Waals surface area (Å²) in [5.41, 5.74) is 1.79. The molecule has 1 saturated heterocycles. The lowest BCUT2D eigenvalue weighted by atomic mass is 10.00. The molecule has 2 aromatic rings. The molecule has 0 spiro atoms. The number of nitrogens with zero attached hydrogens (tertiary/aromatic N) is 2. The van der Waals surface area contributed by atoms with Crippen LogP contribution < -0.4 is 10.6 Å². The van der Waals surface area contributed by atoms with Crippen molar-refractivity contribution in [3.8, 4) is 0 Å². The molecule has 218 valence electrons. The zero-order valence-corrected chi connectivity index (χ0v) is 24.4. The van der Waals surface area contributed by atoms with Gasteiger partial charge in [-0.15, -0.1) is 0 Å². The number of likely N-dealkylation sites (tertiary alicyclic amines) is 1. The predicted molar refractivity (Wildman–Crippen MR) is 158 cm³/mol. The van der Waals surface area contributed by atoms with Crippen LogP contribution in [0.2, 0.25) is 0 Å². The molecule has 2 aromatic carbocycles. The summed E-state index contributed by atoms with van der Waals surface area (Å²) in [7, 11) is 1.56. The topological polar surface area (TPSA) is 116 Å². The lowest BCUT2D eigenvalue weighted by Crippen LogP contribution is -2.56. The first-order valence-electron chi connectivity index (χ1n) is 14.2. The molecular formula is C31H38N4O5S. The number of thiol groups is 1. The number of amides is 5. The number of unbranched alkanes of at least 4 members (excludes halogenated alkanes) is 1. The van der Waals surface area contributed by atoms with E-state index in [0.29, 0.717) is 49.8 Å². The Balaban J connectivity index is 1.33. The fourth-order valence-corrected chi connectivity index (χ4v) is 5.78. The van der Waals surface area contributed by atoms with Gasteiger partial charge < -0.3 is 15.5 Å². The molecule has 2 N–H and O–H groups in total. The quantitative estimate of drug-likeness (QED) is 0.216. The third-order valence-corrected chi connectivity index (χ3v) is 8.38. The summed E-state index contributed by atoms with van der Waals surface area (Å²) >= 11 is 4.49. The average Bonchev–Trinajstić information content (AvgIpc) is 3.13. The SMILES string of the molecule is CNC(=O)[C@H](Cc1ccccc1)N1CC[C@H](C)C[C@H](NC(=O)[C@@H](S)CCCCN2C(=O)c3ccccc3C2=O)C1=O. The zero-order chi connectivity index (χ0) is 29.5. The maximum atomic E-state index is 13.7. The van der Waals surface area contributed by atoms with E-state index < -0.39 is 17.3 Å². The van der Waals surface area contributed by atoms with Crippen LogP contribution in [0.3, 0.4) is 0 Å². The van der Waals surface area contributed by atoms with Gasteiger partial charge in [0, 0.05) is 26.6 Å². The number of carbonyl (C=O) groups excluding carboxylic acids is 5. The molecular weight excluding hydrogens is 540 g/mol. The summed E-state index contributed by atoms with van der Waals surface area (Å²) in [5.74, 6) is -1.27. The van der Waals surface area contributed by atoms with Crippen LogP contribution in [0.25, 0.3) is 0 Å². The molecule has 5 amide bonds. The van der Waals surface area contributed by atoms with Crippen LogP contribution in [-0.4, -0.2) is 76.8 Å². The highest BCUT2D eigenvalue weighted by atomic mass is 32.1. The van der Waals surface area contributed by atoms with Crippen molar-refractivity contribution in [1.29, 1.82) is 0 Å². The maximum Gasteiger partial charge on any atom is 0.261 e. The first-order chi connectivity index (χ1) is 19.7. The third kappa shape index (κ3) is 7.16. The summed E-state index contributed by atoms with van der Waals surface area (Å²) in [5, 5.41) is 4.93. The normalized spacial score (nSPS) is 20.3. The molecule has 0 aliphatic carbocycles. The number of benzene rings is 2. The van der Waals surface area contributed by atoms with Crippen molar-refractivity contribution in [1.82, 2.24) is 20.4 Å². The van der Waals surface area contributed by atoms with Crippen LogP contribution in [0.1, 0.15) is 65.3 Å². The minimum absolute atomic E-state index is 0.175. The van der Waals surface area contributed by atoms with E-state index in [9.17, 15) is 24.0 Å².